The van der Waals surface area contributed by atoms with Crippen LogP contribution in [0.25, 0.3) is 0 Å². The number of nitrogens with zero attached hydrogens (tertiary/aromatic N) is 1. The third-order valence-corrected chi connectivity index (χ3v) is 1.81. The Morgan fingerprint density at radius 2 is 1.90 bits per heavy atom. The third kappa shape index (κ3) is 3.40. The van der Waals surface area contributed by atoms with E-state index in [4.69, 9.17) is 4.74 Å². The number of methoxy groups -OCH3 is 1. The number of halogens is 1. The maximum atomic E-state index is 4.96. The van der Waals surface area contributed by atoms with Crippen molar-refractivity contribution >= 4 is 12.4 Å². The Kier molecular flexibility index (Phi) is 6.08. The number of hydrogen-bond acceptors (Lipinski definition) is 2. The van der Waals surface area contributed by atoms with Crippen molar-refractivity contribution in [2.24, 2.45) is 0 Å². The van der Waals surface area contributed by atoms with Gasteiger partial charge in [-0.3, -0.25) is 0 Å². The highest BCUT2D eigenvalue weighted by atomic mass is 35.5. The summed E-state index contributed by atoms with van der Waals surface area (Å²) in [6, 6.07) is 0. The fourth-order valence-corrected chi connectivity index (χ4v) is 1.23. The van der Waals surface area contributed by atoms with Crippen LogP contribution in [0, 0.1) is 0 Å². The Hall–Kier alpha value is 0.210. The molecule has 1 aliphatic heterocycles. The normalized spacial score (nSPS) is 18.9. The highest BCUT2D eigenvalue weighted by molar-refractivity contribution is 5.85. The predicted molar refractivity (Wildman–Crippen MR) is 44.8 cm³/mol. The summed E-state index contributed by atoms with van der Waals surface area (Å²) < 4.78 is 4.96. The molecule has 0 bridgehead atoms. The van der Waals surface area contributed by atoms with E-state index in [2.05, 4.69) is 4.90 Å². The maximum Gasteiger partial charge on any atom is 0.0589 e. The lowest BCUT2D eigenvalue weighted by Crippen LogP contribution is -2.23. The van der Waals surface area contributed by atoms with Crippen molar-refractivity contribution in [3.05, 3.63) is 0 Å². The van der Waals surface area contributed by atoms with Gasteiger partial charge in [-0.1, -0.05) is 0 Å². The Balaban J connectivity index is 0.000000810. The van der Waals surface area contributed by atoms with Crippen molar-refractivity contribution in [1.82, 2.24) is 4.90 Å². The van der Waals surface area contributed by atoms with Gasteiger partial charge in [-0.15, -0.1) is 12.4 Å². The van der Waals surface area contributed by atoms with E-state index < -0.39 is 0 Å². The first-order valence-electron chi connectivity index (χ1n) is 3.65. The van der Waals surface area contributed by atoms with Crippen LogP contribution in [0.4, 0.5) is 0 Å². The van der Waals surface area contributed by atoms with Crippen LogP contribution in [0.5, 0.6) is 0 Å². The summed E-state index contributed by atoms with van der Waals surface area (Å²) in [5.41, 5.74) is 0. The molecule has 0 unspecified atom stereocenters. The van der Waals surface area contributed by atoms with Crippen molar-refractivity contribution in [1.29, 1.82) is 0 Å². The van der Waals surface area contributed by atoms with E-state index in [1.165, 1.54) is 25.9 Å². The highest BCUT2D eigenvalue weighted by Crippen LogP contribution is 2.05. The molecule has 0 radical (unpaired) electrons. The number of ether oxygens (including phenoxy) is 1. The van der Waals surface area contributed by atoms with Crippen LogP contribution in [0.3, 0.4) is 0 Å². The van der Waals surface area contributed by atoms with Crippen molar-refractivity contribution in [2.75, 3.05) is 33.4 Å². The molecule has 0 N–H and O–H groups in total. The van der Waals surface area contributed by atoms with E-state index in [9.17, 15) is 0 Å². The molecule has 0 spiro atoms. The largest absolute Gasteiger partial charge is 0.383 e. The Labute approximate surface area is 68.9 Å². The van der Waals surface area contributed by atoms with Gasteiger partial charge < -0.3 is 9.64 Å². The van der Waals surface area contributed by atoms with Crippen LogP contribution >= 0.6 is 12.4 Å². The van der Waals surface area contributed by atoms with Gasteiger partial charge in [-0.25, -0.2) is 0 Å². The van der Waals surface area contributed by atoms with Crippen molar-refractivity contribution in [3.63, 3.8) is 0 Å². The topological polar surface area (TPSA) is 12.5 Å². The maximum absolute atomic E-state index is 4.96. The van der Waals surface area contributed by atoms with Gasteiger partial charge in [0, 0.05) is 13.7 Å². The fraction of sp³-hybridized carbons (Fsp3) is 1.00. The second-order valence-electron chi connectivity index (χ2n) is 2.54. The fourth-order valence-electron chi connectivity index (χ4n) is 1.23. The summed E-state index contributed by atoms with van der Waals surface area (Å²) in [5.74, 6) is 0. The van der Waals surface area contributed by atoms with Gasteiger partial charge in [0.05, 0.1) is 6.61 Å². The standard InChI is InChI=1S/C7H15NO.ClH/c1-9-7-6-8-4-2-3-5-8;/h2-7H2,1H3;1H. The molecular formula is C7H16ClNO. The lowest BCUT2D eigenvalue weighted by Gasteiger charge is -2.12. The number of rotatable bonds is 3. The molecule has 1 heterocycles. The SMILES string of the molecule is COCCN1CCCC1.Cl. The first kappa shape index (κ1) is 10.2. The monoisotopic (exact) mass is 165 g/mol. The average Bonchev–Trinajstić information content (AvgIpc) is 2.34. The summed E-state index contributed by atoms with van der Waals surface area (Å²) in [7, 11) is 1.76. The summed E-state index contributed by atoms with van der Waals surface area (Å²) in [6.45, 7) is 4.57. The molecule has 0 aromatic heterocycles. The summed E-state index contributed by atoms with van der Waals surface area (Å²) in [4.78, 5) is 2.45. The van der Waals surface area contributed by atoms with Crippen molar-refractivity contribution in [3.8, 4) is 0 Å². The number of hydrogen-bond donors (Lipinski definition) is 0. The van der Waals surface area contributed by atoms with E-state index in [-0.39, 0.29) is 12.4 Å². The molecular weight excluding hydrogens is 150 g/mol. The molecule has 3 heteroatoms. The number of likely N-dealkylation sites (tertiary alicyclic amines) is 1. The molecule has 0 aromatic carbocycles. The molecule has 1 aliphatic rings. The van der Waals surface area contributed by atoms with Crippen molar-refractivity contribution in [2.45, 2.75) is 12.8 Å². The molecule has 1 fully saturated rings. The van der Waals surface area contributed by atoms with E-state index in [0.717, 1.165) is 13.2 Å². The van der Waals surface area contributed by atoms with Gasteiger partial charge >= 0.3 is 0 Å². The quantitative estimate of drug-likeness (QED) is 0.622. The minimum atomic E-state index is 0. The van der Waals surface area contributed by atoms with Crippen molar-refractivity contribution < 1.29 is 4.74 Å². The van der Waals surface area contributed by atoms with E-state index in [1.807, 2.05) is 0 Å². The molecule has 62 valence electrons. The van der Waals surface area contributed by atoms with Gasteiger partial charge in [0.15, 0.2) is 0 Å². The second kappa shape index (κ2) is 5.96. The summed E-state index contributed by atoms with van der Waals surface area (Å²) in [5, 5.41) is 0. The van der Waals surface area contributed by atoms with E-state index >= 15 is 0 Å². The van der Waals surface area contributed by atoms with Crippen LogP contribution in [0.15, 0.2) is 0 Å². The minimum absolute atomic E-state index is 0. The van der Waals surface area contributed by atoms with Crippen LogP contribution in [-0.4, -0.2) is 38.3 Å². The molecule has 0 aromatic rings. The average molecular weight is 166 g/mol. The smallest absolute Gasteiger partial charge is 0.0589 e. The Morgan fingerprint density at radius 3 is 2.40 bits per heavy atom. The highest BCUT2D eigenvalue weighted by Gasteiger charge is 2.09. The van der Waals surface area contributed by atoms with E-state index in [1.54, 1.807) is 7.11 Å². The van der Waals surface area contributed by atoms with Gasteiger partial charge in [0.2, 0.25) is 0 Å². The molecule has 2 nitrogen and oxygen atoms in total. The molecule has 0 amide bonds. The molecule has 0 atom stereocenters. The van der Waals surface area contributed by atoms with Crippen LogP contribution in [-0.2, 0) is 4.74 Å². The second-order valence-corrected chi connectivity index (χ2v) is 2.54. The van der Waals surface area contributed by atoms with Gasteiger partial charge in [-0.05, 0) is 25.9 Å². The van der Waals surface area contributed by atoms with E-state index in [0.29, 0.717) is 0 Å². The third-order valence-electron chi connectivity index (χ3n) is 1.81. The molecule has 1 saturated heterocycles. The lowest BCUT2D eigenvalue weighted by atomic mass is 10.4. The zero-order valence-electron chi connectivity index (χ0n) is 6.51. The van der Waals surface area contributed by atoms with Gasteiger partial charge in [0.25, 0.3) is 0 Å². The van der Waals surface area contributed by atoms with Crippen LogP contribution in [0.1, 0.15) is 12.8 Å². The first-order chi connectivity index (χ1) is 4.43. The first-order valence-corrected chi connectivity index (χ1v) is 3.65. The minimum Gasteiger partial charge on any atom is -0.383 e. The van der Waals surface area contributed by atoms with Gasteiger partial charge in [-0.2, -0.15) is 0 Å². The molecule has 0 aliphatic carbocycles. The van der Waals surface area contributed by atoms with Crippen LogP contribution in [0.2, 0.25) is 0 Å². The molecule has 10 heavy (non-hydrogen) atoms. The zero-order chi connectivity index (χ0) is 6.53. The zero-order valence-corrected chi connectivity index (χ0v) is 7.32. The Morgan fingerprint density at radius 1 is 1.30 bits per heavy atom. The summed E-state index contributed by atoms with van der Waals surface area (Å²) >= 11 is 0. The lowest BCUT2D eigenvalue weighted by molar-refractivity contribution is 0.161. The van der Waals surface area contributed by atoms with Crippen LogP contribution < -0.4 is 0 Å². The molecule has 1 rings (SSSR count). The summed E-state index contributed by atoms with van der Waals surface area (Å²) in [6.07, 6.45) is 2.76. The molecule has 0 saturated carbocycles. The Bertz CT molecular complexity index is 74.0. The van der Waals surface area contributed by atoms with Gasteiger partial charge in [0.1, 0.15) is 0 Å². The predicted octanol–water partition coefficient (Wildman–Crippen LogP) is 1.15.